The van der Waals surface area contributed by atoms with E-state index < -0.39 is 0 Å². The van der Waals surface area contributed by atoms with Crippen molar-refractivity contribution < 1.29 is 13.9 Å². The molecule has 1 amide bonds. The van der Waals surface area contributed by atoms with Crippen molar-refractivity contribution >= 4 is 6.09 Å². The molecule has 3 heterocycles. The van der Waals surface area contributed by atoms with Crippen LogP contribution in [0.1, 0.15) is 49.3 Å². The van der Waals surface area contributed by atoms with Gasteiger partial charge in [0.2, 0.25) is 0 Å². The number of rotatable bonds is 3. The number of alkyl carbamates (subject to hydrolysis) is 1. The second-order valence-corrected chi connectivity index (χ2v) is 9.91. The highest BCUT2D eigenvalue weighted by Crippen LogP contribution is 2.61. The molecular weight excluding hydrogens is 391 g/mol. The van der Waals surface area contributed by atoms with Gasteiger partial charge in [-0.15, -0.1) is 0 Å². The van der Waals surface area contributed by atoms with Gasteiger partial charge in [-0.1, -0.05) is 30.3 Å². The van der Waals surface area contributed by atoms with Crippen molar-refractivity contribution in [1.82, 2.24) is 10.2 Å². The summed E-state index contributed by atoms with van der Waals surface area (Å²) >= 11 is 0. The minimum absolute atomic E-state index is 0.00506. The summed E-state index contributed by atoms with van der Waals surface area (Å²) in [5, 5.41) is 3.25. The van der Waals surface area contributed by atoms with Crippen LogP contribution in [0.15, 0.2) is 42.5 Å². The third kappa shape index (κ3) is 3.43. The Labute approximate surface area is 182 Å². The lowest BCUT2D eigenvalue weighted by Gasteiger charge is -2.44. The summed E-state index contributed by atoms with van der Waals surface area (Å²) < 4.78 is 20.4. The molecule has 1 unspecified atom stereocenters. The molecule has 2 atom stereocenters. The average Bonchev–Trinajstić information content (AvgIpc) is 3.57. The van der Waals surface area contributed by atoms with Gasteiger partial charge in [-0.2, -0.15) is 0 Å². The first-order valence-corrected chi connectivity index (χ1v) is 11.7. The number of benzene rings is 2. The highest BCUT2D eigenvalue weighted by Gasteiger charge is 2.53. The van der Waals surface area contributed by atoms with E-state index in [1.165, 1.54) is 11.6 Å². The summed E-state index contributed by atoms with van der Waals surface area (Å²) in [7, 11) is 0. The molecule has 0 radical (unpaired) electrons. The van der Waals surface area contributed by atoms with Gasteiger partial charge < -0.3 is 10.1 Å². The molecule has 0 aromatic heterocycles. The zero-order chi connectivity index (χ0) is 21.0. The van der Waals surface area contributed by atoms with Crippen LogP contribution < -0.4 is 5.32 Å². The molecule has 1 spiro atoms. The average molecular weight is 421 g/mol. The molecular formula is C26H29FN2O2. The van der Waals surface area contributed by atoms with Gasteiger partial charge in [0.25, 0.3) is 0 Å². The van der Waals surface area contributed by atoms with E-state index in [4.69, 9.17) is 4.74 Å². The summed E-state index contributed by atoms with van der Waals surface area (Å²) in [4.78, 5) is 15.4. The van der Waals surface area contributed by atoms with Gasteiger partial charge in [0, 0.05) is 12.1 Å². The Hall–Kier alpha value is -2.40. The second kappa shape index (κ2) is 7.33. The fourth-order valence-corrected chi connectivity index (χ4v) is 6.08. The molecule has 4 nitrogen and oxygen atoms in total. The predicted molar refractivity (Wildman–Crippen MR) is 117 cm³/mol. The van der Waals surface area contributed by atoms with Crippen LogP contribution in [-0.4, -0.2) is 36.7 Å². The van der Waals surface area contributed by atoms with Crippen LogP contribution >= 0.6 is 0 Å². The molecule has 1 N–H and O–H groups in total. The zero-order valence-corrected chi connectivity index (χ0v) is 17.8. The van der Waals surface area contributed by atoms with Gasteiger partial charge in [0.05, 0.1) is 6.04 Å². The molecule has 3 aliphatic heterocycles. The smallest absolute Gasteiger partial charge is 0.407 e. The number of nitrogens with zero attached hydrogens (tertiary/aromatic N) is 1. The van der Waals surface area contributed by atoms with Crippen molar-refractivity contribution in [3.05, 3.63) is 59.4 Å². The topological polar surface area (TPSA) is 41.6 Å². The number of carbonyl (C=O) groups excluding carboxylic acids is 1. The summed E-state index contributed by atoms with van der Waals surface area (Å²) in [6, 6.07) is 13.0. The van der Waals surface area contributed by atoms with Crippen LogP contribution in [0.5, 0.6) is 0 Å². The van der Waals surface area contributed by atoms with Crippen LogP contribution in [0.3, 0.4) is 0 Å². The third-order valence-corrected chi connectivity index (χ3v) is 8.16. The van der Waals surface area contributed by atoms with Crippen molar-refractivity contribution in [2.45, 2.75) is 50.7 Å². The van der Waals surface area contributed by atoms with Crippen LogP contribution in [0.2, 0.25) is 0 Å². The highest BCUT2D eigenvalue weighted by molar-refractivity contribution is 5.70. The van der Waals surface area contributed by atoms with E-state index >= 15 is 0 Å². The van der Waals surface area contributed by atoms with E-state index in [-0.39, 0.29) is 29.5 Å². The first-order valence-electron chi connectivity index (χ1n) is 11.7. The van der Waals surface area contributed by atoms with Crippen LogP contribution in [0.25, 0.3) is 11.1 Å². The van der Waals surface area contributed by atoms with E-state index in [1.54, 1.807) is 6.07 Å². The quantitative estimate of drug-likeness (QED) is 0.753. The van der Waals surface area contributed by atoms with Gasteiger partial charge in [-0.3, -0.25) is 4.90 Å². The number of piperidine rings is 3. The minimum Gasteiger partial charge on any atom is -0.445 e. The first-order chi connectivity index (χ1) is 15.1. The number of fused-ring (bicyclic) bond motifs is 4. The SMILES string of the molecule is O=C(NC1c2cc(-c3ccccc3F)ccc2CCC12CC2)O[C@@H]1CN2CCC1CC2. The van der Waals surface area contributed by atoms with Crippen molar-refractivity contribution in [3.8, 4) is 11.1 Å². The highest BCUT2D eigenvalue weighted by atomic mass is 19.1. The van der Waals surface area contributed by atoms with Crippen molar-refractivity contribution in [3.63, 3.8) is 0 Å². The Morgan fingerprint density at radius 3 is 2.61 bits per heavy atom. The van der Waals surface area contributed by atoms with Crippen LogP contribution in [0.4, 0.5) is 9.18 Å². The van der Waals surface area contributed by atoms with Crippen LogP contribution in [-0.2, 0) is 11.2 Å². The lowest BCUT2D eigenvalue weighted by Crippen LogP contribution is -2.53. The number of carbonyl (C=O) groups is 1. The van der Waals surface area contributed by atoms with Crippen molar-refractivity contribution in [1.29, 1.82) is 0 Å². The number of nitrogens with one attached hydrogen (secondary N) is 1. The molecule has 4 fully saturated rings. The monoisotopic (exact) mass is 420 g/mol. The lowest BCUT2D eigenvalue weighted by molar-refractivity contribution is -0.0347. The van der Waals surface area contributed by atoms with E-state index in [9.17, 15) is 9.18 Å². The van der Waals surface area contributed by atoms with Gasteiger partial charge in [0.15, 0.2) is 0 Å². The number of halogens is 1. The molecule has 1 saturated carbocycles. The Balaban J connectivity index is 1.26. The second-order valence-electron chi connectivity index (χ2n) is 9.91. The summed E-state index contributed by atoms with van der Waals surface area (Å²) in [5.41, 5.74) is 4.00. The largest absolute Gasteiger partial charge is 0.445 e. The molecule has 3 saturated heterocycles. The summed E-state index contributed by atoms with van der Waals surface area (Å²) in [5.74, 6) is 0.280. The maximum atomic E-state index is 14.4. The summed E-state index contributed by atoms with van der Waals surface area (Å²) in [6.45, 7) is 3.12. The number of amides is 1. The van der Waals surface area contributed by atoms with E-state index in [0.29, 0.717) is 11.5 Å². The molecule has 2 bridgehead atoms. The number of hydrogen-bond donors (Lipinski definition) is 1. The van der Waals surface area contributed by atoms with E-state index in [0.717, 1.165) is 69.3 Å². The molecule has 5 heteroatoms. The molecule has 31 heavy (non-hydrogen) atoms. The van der Waals surface area contributed by atoms with Gasteiger partial charge in [-0.25, -0.2) is 9.18 Å². The van der Waals surface area contributed by atoms with E-state index in [1.807, 2.05) is 18.2 Å². The molecule has 2 aromatic rings. The molecule has 7 rings (SSSR count). The number of hydrogen-bond acceptors (Lipinski definition) is 3. The zero-order valence-electron chi connectivity index (χ0n) is 17.8. The fourth-order valence-electron chi connectivity index (χ4n) is 6.08. The minimum atomic E-state index is -0.292. The lowest BCUT2D eigenvalue weighted by atomic mass is 9.76. The Morgan fingerprint density at radius 1 is 1.10 bits per heavy atom. The number of ether oxygens (including phenoxy) is 1. The molecule has 2 aromatic carbocycles. The standard InChI is InChI=1S/C26H29FN2O2/c27-22-4-2-1-3-20(22)19-6-5-17-7-10-26(11-12-26)24(21(17)15-19)28-25(30)31-23-16-29-13-8-18(23)9-14-29/h1-6,15,18,23-24H,7-14,16H2,(H,28,30)/t23-,24?/m1/s1. The maximum Gasteiger partial charge on any atom is 0.407 e. The Bertz CT molecular complexity index is 1010. The summed E-state index contributed by atoms with van der Waals surface area (Å²) in [6.07, 6.45) is 6.32. The van der Waals surface area contributed by atoms with Gasteiger partial charge >= 0.3 is 6.09 Å². The van der Waals surface area contributed by atoms with Gasteiger partial charge in [-0.05, 0) is 91.8 Å². The predicted octanol–water partition coefficient (Wildman–Crippen LogP) is 5.08. The van der Waals surface area contributed by atoms with Crippen LogP contribution in [0, 0.1) is 17.2 Å². The van der Waals surface area contributed by atoms with Gasteiger partial charge in [0.1, 0.15) is 11.9 Å². The Kier molecular flexibility index (Phi) is 4.57. The molecule has 2 aliphatic carbocycles. The molecule has 5 aliphatic rings. The normalized spacial score (nSPS) is 30.0. The molecule has 162 valence electrons. The maximum absolute atomic E-state index is 14.4. The van der Waals surface area contributed by atoms with Crippen molar-refractivity contribution in [2.24, 2.45) is 11.3 Å². The fraction of sp³-hybridized carbons (Fsp3) is 0.500. The Morgan fingerprint density at radius 2 is 1.90 bits per heavy atom. The first kappa shape index (κ1) is 19.3. The third-order valence-electron chi connectivity index (χ3n) is 8.16. The number of aryl methyl sites for hydroxylation is 1. The van der Waals surface area contributed by atoms with Crippen molar-refractivity contribution in [2.75, 3.05) is 19.6 Å². The van der Waals surface area contributed by atoms with E-state index in [2.05, 4.69) is 22.3 Å².